The Bertz CT molecular complexity index is 1140. The number of halogens is 2. The predicted molar refractivity (Wildman–Crippen MR) is 132 cm³/mol. The fraction of sp³-hybridized carbons (Fsp3) is 0.333. The largest absolute Gasteiger partial charge is 0.493 e. The van der Waals surface area contributed by atoms with E-state index >= 15 is 0 Å². The van der Waals surface area contributed by atoms with Gasteiger partial charge < -0.3 is 24.8 Å². The van der Waals surface area contributed by atoms with Crippen LogP contribution >= 0.6 is 23.2 Å². The van der Waals surface area contributed by atoms with Crippen LogP contribution in [-0.2, 0) is 0 Å². The van der Waals surface area contributed by atoms with Gasteiger partial charge in [0.05, 0.1) is 29.8 Å². The lowest BCUT2D eigenvalue weighted by Gasteiger charge is -2.18. The lowest BCUT2D eigenvalue weighted by Crippen LogP contribution is -2.31. The molecule has 176 valence electrons. The maximum Gasteiger partial charge on any atom is 0.319 e. The molecule has 0 atom stereocenters. The number of pyridine rings is 1. The molecule has 1 heterocycles. The monoisotopic (exact) mass is 491 g/mol. The molecule has 9 heteroatoms. The van der Waals surface area contributed by atoms with E-state index in [0.717, 1.165) is 6.42 Å². The minimum absolute atomic E-state index is 0.130. The number of rotatable bonds is 7. The van der Waals surface area contributed by atoms with E-state index in [2.05, 4.69) is 36.4 Å². The van der Waals surface area contributed by atoms with E-state index in [1.54, 1.807) is 50.7 Å². The van der Waals surface area contributed by atoms with Crippen LogP contribution in [-0.4, -0.2) is 31.8 Å². The number of nitrogens with one attached hydrogen (secondary N) is 2. The summed E-state index contributed by atoms with van der Waals surface area (Å²) in [6, 6.07) is 8.07. The van der Waals surface area contributed by atoms with Crippen molar-refractivity contribution in [3.63, 3.8) is 0 Å². The van der Waals surface area contributed by atoms with E-state index in [4.69, 9.17) is 37.4 Å². The standard InChI is InChI=1S/C24H27Cl2N3O4/c1-24(2,3)7-9-28-23(30)29-14-10-16(25)22(17(26)11-14)33-19-6-8-27-18-13-21(32-5)20(31-4)12-15(18)19/h6,8,10-13H,7,9H2,1-5H3,(H2,28,29,30). The van der Waals surface area contributed by atoms with Crippen molar-refractivity contribution in [1.82, 2.24) is 10.3 Å². The van der Waals surface area contributed by atoms with E-state index in [1.165, 1.54) is 0 Å². The molecule has 1 aromatic heterocycles. The highest BCUT2D eigenvalue weighted by Gasteiger charge is 2.16. The second-order valence-corrected chi connectivity index (χ2v) is 9.41. The van der Waals surface area contributed by atoms with Crippen LogP contribution in [0.25, 0.3) is 10.9 Å². The Hall–Kier alpha value is -2.90. The average molecular weight is 492 g/mol. The number of carbonyl (C=O) groups excluding carboxylic acids is 1. The second-order valence-electron chi connectivity index (χ2n) is 8.60. The first kappa shape index (κ1) is 24.7. The Morgan fingerprint density at radius 3 is 2.24 bits per heavy atom. The molecule has 2 amide bonds. The summed E-state index contributed by atoms with van der Waals surface area (Å²) in [5.41, 5.74) is 1.24. The first-order chi connectivity index (χ1) is 15.6. The number of amides is 2. The van der Waals surface area contributed by atoms with Crippen LogP contribution in [0.4, 0.5) is 10.5 Å². The summed E-state index contributed by atoms with van der Waals surface area (Å²) in [4.78, 5) is 16.5. The topological polar surface area (TPSA) is 81.7 Å². The zero-order valence-electron chi connectivity index (χ0n) is 19.2. The van der Waals surface area contributed by atoms with Gasteiger partial charge in [-0.3, -0.25) is 4.98 Å². The molecule has 0 aliphatic carbocycles. The number of hydrogen-bond donors (Lipinski definition) is 2. The number of nitrogens with zero attached hydrogens (tertiary/aromatic N) is 1. The molecule has 3 rings (SSSR count). The van der Waals surface area contributed by atoms with Crippen molar-refractivity contribution >= 4 is 45.8 Å². The summed E-state index contributed by atoms with van der Waals surface area (Å²) in [5.74, 6) is 1.85. The first-order valence-corrected chi connectivity index (χ1v) is 11.1. The van der Waals surface area contributed by atoms with Gasteiger partial charge in [-0.05, 0) is 36.1 Å². The maximum absolute atomic E-state index is 12.2. The Kier molecular flexibility index (Phi) is 7.76. The molecule has 3 aromatic rings. The second kappa shape index (κ2) is 10.4. The summed E-state index contributed by atoms with van der Waals surface area (Å²) >= 11 is 12.9. The van der Waals surface area contributed by atoms with Crippen LogP contribution in [0.5, 0.6) is 23.0 Å². The molecular weight excluding hydrogens is 465 g/mol. The molecular formula is C24H27Cl2N3O4. The molecule has 0 fully saturated rings. The van der Waals surface area contributed by atoms with E-state index in [-0.39, 0.29) is 27.2 Å². The van der Waals surface area contributed by atoms with Gasteiger partial charge in [0.2, 0.25) is 0 Å². The SMILES string of the molecule is COc1cc2nccc(Oc3c(Cl)cc(NC(=O)NCCC(C)(C)C)cc3Cl)c2cc1OC. The fourth-order valence-electron chi connectivity index (χ4n) is 3.10. The van der Waals surface area contributed by atoms with Crippen LogP contribution in [0.3, 0.4) is 0 Å². The zero-order valence-corrected chi connectivity index (χ0v) is 20.7. The number of anilines is 1. The van der Waals surface area contributed by atoms with Gasteiger partial charge in [-0.1, -0.05) is 44.0 Å². The van der Waals surface area contributed by atoms with Crippen molar-refractivity contribution < 1.29 is 19.0 Å². The van der Waals surface area contributed by atoms with Crippen LogP contribution in [0, 0.1) is 5.41 Å². The fourth-order valence-corrected chi connectivity index (χ4v) is 3.67. The Labute approximate surface area is 203 Å². The van der Waals surface area contributed by atoms with Crippen molar-refractivity contribution in [2.45, 2.75) is 27.2 Å². The number of urea groups is 1. The summed E-state index contributed by atoms with van der Waals surface area (Å²) in [6.07, 6.45) is 2.47. The van der Waals surface area contributed by atoms with Crippen LogP contribution in [0.15, 0.2) is 36.5 Å². The van der Waals surface area contributed by atoms with E-state index in [0.29, 0.717) is 40.4 Å². The Morgan fingerprint density at radius 2 is 1.64 bits per heavy atom. The highest BCUT2D eigenvalue weighted by atomic mass is 35.5. The zero-order chi connectivity index (χ0) is 24.2. The van der Waals surface area contributed by atoms with Gasteiger partial charge in [0, 0.05) is 29.9 Å². The molecule has 0 radical (unpaired) electrons. The van der Waals surface area contributed by atoms with Gasteiger partial charge in [-0.15, -0.1) is 0 Å². The summed E-state index contributed by atoms with van der Waals surface area (Å²) < 4.78 is 16.8. The molecule has 2 aromatic carbocycles. The third-order valence-electron chi connectivity index (χ3n) is 4.84. The van der Waals surface area contributed by atoms with E-state index in [1.807, 2.05) is 0 Å². The number of ether oxygens (including phenoxy) is 3. The molecule has 2 N–H and O–H groups in total. The van der Waals surface area contributed by atoms with Crippen molar-refractivity contribution in [2.24, 2.45) is 5.41 Å². The van der Waals surface area contributed by atoms with E-state index in [9.17, 15) is 4.79 Å². The smallest absolute Gasteiger partial charge is 0.319 e. The molecule has 0 spiro atoms. The summed E-state index contributed by atoms with van der Waals surface area (Å²) in [7, 11) is 3.11. The average Bonchev–Trinajstić information content (AvgIpc) is 2.74. The van der Waals surface area contributed by atoms with Crippen molar-refractivity contribution in [3.8, 4) is 23.0 Å². The Morgan fingerprint density at radius 1 is 1.00 bits per heavy atom. The number of fused-ring (bicyclic) bond motifs is 1. The lowest BCUT2D eigenvalue weighted by molar-refractivity contribution is 0.250. The van der Waals surface area contributed by atoms with Crippen molar-refractivity contribution in [3.05, 3.63) is 46.6 Å². The van der Waals surface area contributed by atoms with Crippen LogP contribution in [0.2, 0.25) is 10.0 Å². The summed E-state index contributed by atoms with van der Waals surface area (Å²) in [6.45, 7) is 6.90. The molecule has 0 unspecified atom stereocenters. The minimum atomic E-state index is -0.332. The quantitative estimate of drug-likeness (QED) is 0.375. The van der Waals surface area contributed by atoms with Gasteiger partial charge in [0.15, 0.2) is 17.2 Å². The summed E-state index contributed by atoms with van der Waals surface area (Å²) in [5, 5.41) is 6.76. The van der Waals surface area contributed by atoms with Gasteiger partial charge in [0.1, 0.15) is 5.75 Å². The minimum Gasteiger partial charge on any atom is -0.493 e. The lowest BCUT2D eigenvalue weighted by atomic mass is 9.92. The van der Waals surface area contributed by atoms with Gasteiger partial charge in [-0.2, -0.15) is 0 Å². The number of benzene rings is 2. The van der Waals surface area contributed by atoms with Gasteiger partial charge in [0.25, 0.3) is 0 Å². The van der Waals surface area contributed by atoms with Crippen molar-refractivity contribution in [2.75, 3.05) is 26.1 Å². The highest BCUT2D eigenvalue weighted by Crippen LogP contribution is 2.42. The maximum atomic E-state index is 12.2. The molecule has 0 saturated carbocycles. The highest BCUT2D eigenvalue weighted by molar-refractivity contribution is 6.37. The molecule has 0 aliphatic rings. The first-order valence-electron chi connectivity index (χ1n) is 10.3. The van der Waals surface area contributed by atoms with Gasteiger partial charge >= 0.3 is 6.03 Å². The third-order valence-corrected chi connectivity index (χ3v) is 5.40. The molecule has 0 aliphatic heterocycles. The van der Waals surface area contributed by atoms with Crippen LogP contribution in [0.1, 0.15) is 27.2 Å². The van der Waals surface area contributed by atoms with Gasteiger partial charge in [-0.25, -0.2) is 4.79 Å². The molecule has 7 nitrogen and oxygen atoms in total. The normalized spacial score (nSPS) is 11.2. The van der Waals surface area contributed by atoms with Crippen LogP contribution < -0.4 is 24.8 Å². The third kappa shape index (κ3) is 6.33. The van der Waals surface area contributed by atoms with E-state index < -0.39 is 0 Å². The number of methoxy groups -OCH3 is 2. The number of hydrogen-bond acceptors (Lipinski definition) is 5. The predicted octanol–water partition coefficient (Wildman–Crippen LogP) is 6.91. The molecule has 0 saturated heterocycles. The Balaban J connectivity index is 1.81. The number of carbonyl (C=O) groups is 1. The molecule has 33 heavy (non-hydrogen) atoms. The van der Waals surface area contributed by atoms with Crippen molar-refractivity contribution in [1.29, 1.82) is 0 Å². The molecule has 0 bridgehead atoms. The number of aromatic nitrogens is 1.